The lowest BCUT2D eigenvalue weighted by molar-refractivity contribution is -0.125. The summed E-state index contributed by atoms with van der Waals surface area (Å²) in [5, 5.41) is 3.68. The lowest BCUT2D eigenvalue weighted by Crippen LogP contribution is -2.30. The van der Waals surface area contributed by atoms with Crippen LogP contribution >= 0.6 is 0 Å². The summed E-state index contributed by atoms with van der Waals surface area (Å²) < 4.78 is 15.4. The number of hydrogen-bond donors (Lipinski definition) is 1. The summed E-state index contributed by atoms with van der Waals surface area (Å²) in [6.07, 6.45) is 1.36. The Labute approximate surface area is 132 Å². The van der Waals surface area contributed by atoms with Crippen molar-refractivity contribution in [2.24, 2.45) is 0 Å². The van der Waals surface area contributed by atoms with Gasteiger partial charge in [0.05, 0.1) is 12.3 Å². The van der Waals surface area contributed by atoms with Crippen molar-refractivity contribution in [2.45, 2.75) is 13.0 Å². The fraction of sp³-hybridized carbons (Fsp3) is 0.176. The van der Waals surface area contributed by atoms with Crippen molar-refractivity contribution in [3.05, 3.63) is 60.2 Å². The fourth-order valence-corrected chi connectivity index (χ4v) is 2.17. The zero-order valence-corrected chi connectivity index (χ0v) is 12.4. The largest absolute Gasteiger partial charge is 0.459 e. The van der Waals surface area contributed by atoms with E-state index < -0.39 is 11.9 Å². The molecule has 2 heterocycles. The molecular weight excluding hydrogens is 298 g/mol. The molecular formula is C17H15NO5. The second-order valence-electron chi connectivity index (χ2n) is 5.03. The first-order chi connectivity index (χ1) is 11.1. The molecule has 0 aliphatic rings. The normalized spacial score (nSPS) is 12.0. The van der Waals surface area contributed by atoms with Gasteiger partial charge in [-0.25, -0.2) is 4.79 Å². The SMILES string of the molecule is C[C@H](NC(=O)COC(=O)c1ccco1)c1cc2ccccc2o1. The maximum atomic E-state index is 11.9. The number of hydrogen-bond acceptors (Lipinski definition) is 5. The van der Waals surface area contributed by atoms with Crippen LogP contribution in [-0.4, -0.2) is 18.5 Å². The molecule has 0 aliphatic carbocycles. The quantitative estimate of drug-likeness (QED) is 0.732. The van der Waals surface area contributed by atoms with E-state index >= 15 is 0 Å². The predicted octanol–water partition coefficient (Wildman–Crippen LogP) is 3.06. The van der Waals surface area contributed by atoms with E-state index in [0.717, 1.165) is 11.0 Å². The first-order valence-corrected chi connectivity index (χ1v) is 7.12. The van der Waals surface area contributed by atoms with Gasteiger partial charge in [0.25, 0.3) is 5.91 Å². The van der Waals surface area contributed by atoms with E-state index in [1.54, 1.807) is 13.0 Å². The van der Waals surface area contributed by atoms with E-state index in [4.69, 9.17) is 13.6 Å². The third kappa shape index (κ3) is 3.42. The van der Waals surface area contributed by atoms with Crippen molar-refractivity contribution >= 4 is 22.8 Å². The van der Waals surface area contributed by atoms with Gasteiger partial charge in [-0.2, -0.15) is 0 Å². The van der Waals surface area contributed by atoms with E-state index in [0.29, 0.717) is 5.76 Å². The molecule has 3 aromatic rings. The maximum Gasteiger partial charge on any atom is 0.374 e. The van der Waals surface area contributed by atoms with Gasteiger partial charge >= 0.3 is 5.97 Å². The number of rotatable bonds is 5. The molecule has 118 valence electrons. The second-order valence-corrected chi connectivity index (χ2v) is 5.03. The van der Waals surface area contributed by atoms with Gasteiger partial charge in [0.15, 0.2) is 6.61 Å². The minimum absolute atomic E-state index is 0.0585. The number of esters is 1. The molecule has 0 unspecified atom stereocenters. The Morgan fingerprint density at radius 2 is 2.04 bits per heavy atom. The molecule has 0 spiro atoms. The van der Waals surface area contributed by atoms with Gasteiger partial charge in [-0.05, 0) is 31.2 Å². The molecule has 6 heteroatoms. The highest BCUT2D eigenvalue weighted by atomic mass is 16.5. The molecule has 1 atom stereocenters. The van der Waals surface area contributed by atoms with Crippen molar-refractivity contribution in [3.63, 3.8) is 0 Å². The second kappa shape index (κ2) is 6.39. The Bertz CT molecular complexity index is 786. The van der Waals surface area contributed by atoms with Gasteiger partial charge in [0, 0.05) is 5.39 Å². The van der Waals surface area contributed by atoms with Gasteiger partial charge < -0.3 is 18.9 Å². The van der Waals surface area contributed by atoms with Crippen LogP contribution in [0.3, 0.4) is 0 Å². The van der Waals surface area contributed by atoms with Gasteiger partial charge in [-0.15, -0.1) is 0 Å². The van der Waals surface area contributed by atoms with Crippen LogP contribution in [0, 0.1) is 0 Å². The summed E-state index contributed by atoms with van der Waals surface area (Å²) in [5.74, 6) is -0.403. The van der Waals surface area contributed by atoms with E-state index in [1.807, 2.05) is 30.3 Å². The fourth-order valence-electron chi connectivity index (χ4n) is 2.17. The Hall–Kier alpha value is -3.02. The highest BCUT2D eigenvalue weighted by Gasteiger charge is 2.16. The third-order valence-corrected chi connectivity index (χ3v) is 3.31. The molecule has 0 saturated carbocycles. The third-order valence-electron chi connectivity index (χ3n) is 3.31. The molecule has 23 heavy (non-hydrogen) atoms. The molecule has 3 rings (SSSR count). The number of para-hydroxylation sites is 1. The van der Waals surface area contributed by atoms with Gasteiger partial charge in [0.1, 0.15) is 11.3 Å². The molecule has 0 bridgehead atoms. The molecule has 0 saturated heterocycles. The number of ether oxygens (including phenoxy) is 1. The number of furan rings is 2. The minimum Gasteiger partial charge on any atom is -0.459 e. The average molecular weight is 313 g/mol. The lowest BCUT2D eigenvalue weighted by Gasteiger charge is -2.11. The Kier molecular flexibility index (Phi) is 4.14. The molecule has 1 amide bonds. The standard InChI is InChI=1S/C17H15NO5/c1-11(15-9-12-5-2-3-6-13(12)23-15)18-16(19)10-22-17(20)14-7-4-8-21-14/h2-9,11H,10H2,1H3,(H,18,19)/t11-/m0/s1. The first kappa shape index (κ1) is 14.9. The van der Waals surface area contributed by atoms with Crippen LogP contribution in [0.15, 0.2) is 57.6 Å². The number of benzene rings is 1. The number of nitrogens with one attached hydrogen (secondary N) is 1. The molecule has 1 aromatic carbocycles. The van der Waals surface area contributed by atoms with E-state index in [2.05, 4.69) is 5.32 Å². The van der Waals surface area contributed by atoms with Crippen LogP contribution in [0.4, 0.5) is 0 Å². The summed E-state index contributed by atoms with van der Waals surface area (Å²) in [5.41, 5.74) is 0.757. The van der Waals surface area contributed by atoms with Crippen molar-refractivity contribution in [1.82, 2.24) is 5.32 Å². The smallest absolute Gasteiger partial charge is 0.374 e. The van der Waals surface area contributed by atoms with Crippen molar-refractivity contribution < 1.29 is 23.2 Å². The Morgan fingerprint density at radius 3 is 2.78 bits per heavy atom. The molecule has 1 N–H and O–H groups in total. The average Bonchev–Trinajstić information content (AvgIpc) is 3.21. The van der Waals surface area contributed by atoms with Crippen LogP contribution in [0.5, 0.6) is 0 Å². The van der Waals surface area contributed by atoms with Crippen molar-refractivity contribution in [2.75, 3.05) is 6.61 Å². The van der Waals surface area contributed by atoms with E-state index in [1.165, 1.54) is 12.3 Å². The van der Waals surface area contributed by atoms with Gasteiger partial charge in [0.2, 0.25) is 5.76 Å². The molecule has 0 aliphatic heterocycles. The molecule has 0 fully saturated rings. The summed E-state index contributed by atoms with van der Waals surface area (Å²) in [6, 6.07) is 12.2. The summed E-state index contributed by atoms with van der Waals surface area (Å²) >= 11 is 0. The van der Waals surface area contributed by atoms with Crippen LogP contribution in [0.25, 0.3) is 11.0 Å². The number of carbonyl (C=O) groups excluding carboxylic acids is 2. The predicted molar refractivity (Wildman–Crippen MR) is 81.8 cm³/mol. The van der Waals surface area contributed by atoms with Gasteiger partial charge in [-0.1, -0.05) is 18.2 Å². The monoisotopic (exact) mass is 313 g/mol. The lowest BCUT2D eigenvalue weighted by atomic mass is 10.2. The first-order valence-electron chi connectivity index (χ1n) is 7.12. The van der Waals surface area contributed by atoms with E-state index in [9.17, 15) is 9.59 Å². The highest BCUT2D eigenvalue weighted by molar-refractivity contribution is 5.88. The summed E-state index contributed by atoms with van der Waals surface area (Å²) in [7, 11) is 0. The Morgan fingerprint density at radius 1 is 1.22 bits per heavy atom. The van der Waals surface area contributed by atoms with Crippen LogP contribution in [0.1, 0.15) is 29.3 Å². The topological polar surface area (TPSA) is 81.7 Å². The van der Waals surface area contributed by atoms with Crippen LogP contribution in [-0.2, 0) is 9.53 Å². The summed E-state index contributed by atoms with van der Waals surface area (Å²) in [4.78, 5) is 23.4. The zero-order valence-electron chi connectivity index (χ0n) is 12.4. The number of amides is 1. The zero-order chi connectivity index (χ0) is 16.2. The molecule has 2 aromatic heterocycles. The van der Waals surface area contributed by atoms with Crippen molar-refractivity contribution in [3.8, 4) is 0 Å². The number of fused-ring (bicyclic) bond motifs is 1. The van der Waals surface area contributed by atoms with Crippen LogP contribution < -0.4 is 5.32 Å². The molecule has 6 nitrogen and oxygen atoms in total. The Balaban J connectivity index is 1.55. The minimum atomic E-state index is -0.679. The maximum absolute atomic E-state index is 11.9. The summed E-state index contributed by atoms with van der Waals surface area (Å²) in [6.45, 7) is 1.41. The number of carbonyl (C=O) groups is 2. The van der Waals surface area contributed by atoms with Gasteiger partial charge in [-0.3, -0.25) is 4.79 Å². The van der Waals surface area contributed by atoms with E-state index in [-0.39, 0.29) is 18.4 Å². The molecule has 0 radical (unpaired) electrons. The van der Waals surface area contributed by atoms with Crippen molar-refractivity contribution in [1.29, 1.82) is 0 Å². The highest BCUT2D eigenvalue weighted by Crippen LogP contribution is 2.23. The van der Waals surface area contributed by atoms with Crippen LogP contribution in [0.2, 0.25) is 0 Å².